The summed E-state index contributed by atoms with van der Waals surface area (Å²) in [5, 5.41) is 0. The SMILES string of the molecule is CC(C)(C)OC(=O)N1CCC[C@@]1(C)C(=O)OCc1ccccc1. The minimum atomic E-state index is -0.961. The molecule has 1 aliphatic rings. The van der Waals surface area contributed by atoms with Crippen molar-refractivity contribution in [2.45, 2.75) is 58.3 Å². The van der Waals surface area contributed by atoms with Gasteiger partial charge in [-0.2, -0.15) is 0 Å². The summed E-state index contributed by atoms with van der Waals surface area (Å²) < 4.78 is 10.8. The van der Waals surface area contributed by atoms with Crippen LogP contribution in [0.4, 0.5) is 4.79 Å². The third-order valence-corrected chi connectivity index (χ3v) is 3.91. The summed E-state index contributed by atoms with van der Waals surface area (Å²) in [5.74, 6) is -0.385. The van der Waals surface area contributed by atoms with Crippen LogP contribution in [0, 0.1) is 0 Å². The number of esters is 1. The predicted molar refractivity (Wildman–Crippen MR) is 86.8 cm³/mol. The molecule has 1 atom stereocenters. The molecule has 1 heterocycles. The van der Waals surface area contributed by atoms with Crippen molar-refractivity contribution in [2.75, 3.05) is 6.54 Å². The zero-order chi connectivity index (χ0) is 17.1. The first-order chi connectivity index (χ1) is 10.7. The molecule has 0 unspecified atom stereocenters. The van der Waals surface area contributed by atoms with Gasteiger partial charge in [-0.25, -0.2) is 9.59 Å². The maximum absolute atomic E-state index is 12.5. The van der Waals surface area contributed by atoms with Crippen molar-refractivity contribution in [3.05, 3.63) is 35.9 Å². The van der Waals surface area contributed by atoms with Crippen LogP contribution in [0.5, 0.6) is 0 Å². The van der Waals surface area contributed by atoms with Crippen LogP contribution in [0.15, 0.2) is 30.3 Å². The lowest BCUT2D eigenvalue weighted by Crippen LogP contribution is -2.52. The zero-order valence-corrected chi connectivity index (χ0v) is 14.3. The van der Waals surface area contributed by atoms with E-state index in [0.29, 0.717) is 13.0 Å². The lowest BCUT2D eigenvalue weighted by Gasteiger charge is -2.34. The van der Waals surface area contributed by atoms with E-state index in [-0.39, 0.29) is 12.6 Å². The highest BCUT2D eigenvalue weighted by Crippen LogP contribution is 2.32. The fraction of sp³-hybridized carbons (Fsp3) is 0.556. The first kappa shape index (κ1) is 17.3. The Balaban J connectivity index is 2.03. The van der Waals surface area contributed by atoms with Gasteiger partial charge in [-0.3, -0.25) is 4.90 Å². The largest absolute Gasteiger partial charge is 0.459 e. The fourth-order valence-electron chi connectivity index (χ4n) is 2.66. The van der Waals surface area contributed by atoms with Crippen LogP contribution in [-0.2, 0) is 20.9 Å². The van der Waals surface area contributed by atoms with E-state index in [1.807, 2.05) is 51.1 Å². The Labute approximate surface area is 137 Å². The lowest BCUT2D eigenvalue weighted by molar-refractivity contribution is -0.156. The molecule has 5 heteroatoms. The van der Waals surface area contributed by atoms with Crippen molar-refractivity contribution in [1.82, 2.24) is 4.90 Å². The van der Waals surface area contributed by atoms with Gasteiger partial charge in [-0.1, -0.05) is 30.3 Å². The average molecular weight is 319 g/mol. The molecule has 1 aromatic rings. The van der Waals surface area contributed by atoms with Crippen molar-refractivity contribution in [1.29, 1.82) is 0 Å². The Kier molecular flexibility index (Phi) is 4.97. The lowest BCUT2D eigenvalue weighted by atomic mass is 9.99. The van der Waals surface area contributed by atoms with Gasteiger partial charge in [0, 0.05) is 6.54 Å². The Hall–Kier alpha value is -2.04. The zero-order valence-electron chi connectivity index (χ0n) is 14.3. The summed E-state index contributed by atoms with van der Waals surface area (Å²) in [6, 6.07) is 9.50. The summed E-state index contributed by atoms with van der Waals surface area (Å²) in [6.07, 6.45) is 0.880. The van der Waals surface area contributed by atoms with Crippen LogP contribution in [0.1, 0.15) is 46.1 Å². The molecule has 0 N–H and O–H groups in total. The molecule has 0 saturated carbocycles. The van der Waals surface area contributed by atoms with Crippen molar-refractivity contribution in [3.8, 4) is 0 Å². The number of hydrogen-bond donors (Lipinski definition) is 0. The van der Waals surface area contributed by atoms with Gasteiger partial charge in [0.2, 0.25) is 0 Å². The first-order valence-electron chi connectivity index (χ1n) is 7.94. The van der Waals surface area contributed by atoms with Crippen LogP contribution in [-0.4, -0.2) is 34.6 Å². The molecule has 1 aromatic carbocycles. The minimum Gasteiger partial charge on any atom is -0.459 e. The van der Waals surface area contributed by atoms with Gasteiger partial charge in [0.1, 0.15) is 17.7 Å². The van der Waals surface area contributed by atoms with Gasteiger partial charge in [-0.15, -0.1) is 0 Å². The molecule has 1 aliphatic heterocycles. The summed E-state index contributed by atoms with van der Waals surface area (Å²) in [7, 11) is 0. The van der Waals surface area contributed by atoms with E-state index in [1.54, 1.807) is 6.92 Å². The van der Waals surface area contributed by atoms with E-state index in [4.69, 9.17) is 9.47 Å². The second-order valence-corrected chi connectivity index (χ2v) is 7.07. The molecule has 0 aliphatic carbocycles. The fourth-order valence-corrected chi connectivity index (χ4v) is 2.66. The monoisotopic (exact) mass is 319 g/mol. The predicted octanol–water partition coefficient (Wildman–Crippen LogP) is 3.52. The Morgan fingerprint density at radius 2 is 1.87 bits per heavy atom. The number of amides is 1. The first-order valence-corrected chi connectivity index (χ1v) is 7.94. The number of likely N-dealkylation sites (tertiary alicyclic amines) is 1. The summed E-state index contributed by atoms with van der Waals surface area (Å²) in [5.41, 5.74) is -0.627. The molecule has 1 saturated heterocycles. The summed E-state index contributed by atoms with van der Waals surface area (Å²) >= 11 is 0. The molecule has 0 radical (unpaired) electrons. The molecule has 0 aromatic heterocycles. The van der Waals surface area contributed by atoms with Gasteiger partial charge in [0.25, 0.3) is 0 Å². The Morgan fingerprint density at radius 1 is 1.22 bits per heavy atom. The quantitative estimate of drug-likeness (QED) is 0.800. The number of hydrogen-bond acceptors (Lipinski definition) is 4. The highest BCUT2D eigenvalue weighted by Gasteiger charge is 2.48. The van der Waals surface area contributed by atoms with Crippen molar-refractivity contribution < 1.29 is 19.1 Å². The number of carbonyl (C=O) groups excluding carboxylic acids is 2. The normalized spacial score (nSPS) is 21.1. The number of benzene rings is 1. The minimum absolute atomic E-state index is 0.206. The van der Waals surface area contributed by atoms with Gasteiger partial charge < -0.3 is 9.47 Å². The number of rotatable bonds is 3. The second-order valence-electron chi connectivity index (χ2n) is 7.07. The molecular formula is C18H25NO4. The molecule has 0 bridgehead atoms. The van der Waals surface area contributed by atoms with E-state index < -0.39 is 17.2 Å². The topological polar surface area (TPSA) is 55.8 Å². The van der Waals surface area contributed by atoms with Gasteiger partial charge in [0.05, 0.1) is 0 Å². The molecule has 23 heavy (non-hydrogen) atoms. The van der Waals surface area contributed by atoms with E-state index in [9.17, 15) is 9.59 Å². The standard InChI is InChI=1S/C18H25NO4/c1-17(2,3)23-16(21)19-12-8-11-18(19,4)15(20)22-13-14-9-6-5-7-10-14/h5-7,9-10H,8,11-13H2,1-4H3/t18-/m0/s1. The van der Waals surface area contributed by atoms with Crippen LogP contribution < -0.4 is 0 Å². The summed E-state index contributed by atoms with van der Waals surface area (Å²) in [4.78, 5) is 26.4. The van der Waals surface area contributed by atoms with Crippen molar-refractivity contribution >= 4 is 12.1 Å². The van der Waals surface area contributed by atoms with Gasteiger partial charge in [-0.05, 0) is 46.1 Å². The molecule has 126 valence electrons. The highest BCUT2D eigenvalue weighted by atomic mass is 16.6. The van der Waals surface area contributed by atoms with Gasteiger partial charge in [0.15, 0.2) is 0 Å². The molecule has 1 fully saturated rings. The molecular weight excluding hydrogens is 294 g/mol. The average Bonchev–Trinajstić information content (AvgIpc) is 2.87. The number of carbonyl (C=O) groups is 2. The summed E-state index contributed by atoms with van der Waals surface area (Å²) in [6.45, 7) is 7.89. The van der Waals surface area contributed by atoms with Crippen molar-refractivity contribution in [3.63, 3.8) is 0 Å². The van der Waals surface area contributed by atoms with Gasteiger partial charge >= 0.3 is 12.1 Å². The Bertz CT molecular complexity index is 564. The molecule has 1 amide bonds. The maximum atomic E-state index is 12.5. The number of nitrogens with zero attached hydrogens (tertiary/aromatic N) is 1. The number of ether oxygens (including phenoxy) is 2. The molecule has 0 spiro atoms. The van der Waals surface area contributed by atoms with Crippen LogP contribution in [0.25, 0.3) is 0 Å². The van der Waals surface area contributed by atoms with Crippen molar-refractivity contribution in [2.24, 2.45) is 0 Å². The molecule has 5 nitrogen and oxygen atoms in total. The Morgan fingerprint density at radius 3 is 2.48 bits per heavy atom. The molecule has 2 rings (SSSR count). The third kappa shape index (κ3) is 4.24. The second kappa shape index (κ2) is 6.60. The smallest absolute Gasteiger partial charge is 0.411 e. The van der Waals surface area contributed by atoms with E-state index in [2.05, 4.69) is 0 Å². The van der Waals surface area contributed by atoms with E-state index in [0.717, 1.165) is 12.0 Å². The van der Waals surface area contributed by atoms with Crippen LogP contribution in [0.3, 0.4) is 0 Å². The third-order valence-electron chi connectivity index (χ3n) is 3.91. The maximum Gasteiger partial charge on any atom is 0.411 e. The van der Waals surface area contributed by atoms with Crippen LogP contribution >= 0.6 is 0 Å². The van der Waals surface area contributed by atoms with Crippen LogP contribution in [0.2, 0.25) is 0 Å². The highest BCUT2D eigenvalue weighted by molar-refractivity contribution is 5.86. The van der Waals surface area contributed by atoms with E-state index in [1.165, 1.54) is 4.90 Å². The van der Waals surface area contributed by atoms with E-state index >= 15 is 0 Å².